The summed E-state index contributed by atoms with van der Waals surface area (Å²) < 4.78 is 4.91. The van der Waals surface area contributed by atoms with Crippen LogP contribution < -0.4 is 5.32 Å². The van der Waals surface area contributed by atoms with Crippen molar-refractivity contribution in [1.82, 2.24) is 5.32 Å². The van der Waals surface area contributed by atoms with Crippen molar-refractivity contribution in [3.63, 3.8) is 0 Å². The van der Waals surface area contributed by atoms with Gasteiger partial charge in [0.25, 0.3) is 0 Å². The minimum Gasteiger partial charge on any atom is -0.466 e. The Hall–Kier alpha value is -0.570. The van der Waals surface area contributed by atoms with Crippen molar-refractivity contribution in [1.29, 1.82) is 0 Å². The lowest BCUT2D eigenvalue weighted by molar-refractivity contribution is -0.143. The quantitative estimate of drug-likeness (QED) is 0.711. The zero-order valence-electron chi connectivity index (χ0n) is 11.6. The maximum Gasteiger partial charge on any atom is 0.307 e. The number of nitrogens with one attached hydrogen (secondary N) is 1. The standard InChI is InChI=1S/C13H27NO2/c1-7-16-12(15)8-11(3)14-9-10(2)13(4,5)6/h10-11,14H,7-9H2,1-6H3. The van der Waals surface area contributed by atoms with Gasteiger partial charge in [0.1, 0.15) is 0 Å². The molecule has 0 aliphatic heterocycles. The summed E-state index contributed by atoms with van der Waals surface area (Å²) in [7, 11) is 0. The van der Waals surface area contributed by atoms with Crippen LogP contribution in [-0.4, -0.2) is 25.2 Å². The fourth-order valence-electron chi connectivity index (χ4n) is 1.23. The molecule has 0 aromatic carbocycles. The van der Waals surface area contributed by atoms with Gasteiger partial charge < -0.3 is 10.1 Å². The molecular formula is C13H27NO2. The molecule has 1 N–H and O–H groups in total. The highest BCUT2D eigenvalue weighted by atomic mass is 16.5. The topological polar surface area (TPSA) is 38.3 Å². The van der Waals surface area contributed by atoms with Gasteiger partial charge in [0.2, 0.25) is 0 Å². The van der Waals surface area contributed by atoms with Gasteiger partial charge in [-0.15, -0.1) is 0 Å². The van der Waals surface area contributed by atoms with Crippen LogP contribution >= 0.6 is 0 Å². The molecule has 0 aliphatic rings. The molecule has 0 amide bonds. The summed E-state index contributed by atoms with van der Waals surface area (Å²) in [5.41, 5.74) is 0.302. The van der Waals surface area contributed by atoms with Crippen molar-refractivity contribution in [3.8, 4) is 0 Å². The second-order valence-electron chi connectivity index (χ2n) is 5.59. The maximum absolute atomic E-state index is 11.2. The van der Waals surface area contributed by atoms with Crippen LogP contribution in [-0.2, 0) is 9.53 Å². The van der Waals surface area contributed by atoms with Gasteiger partial charge in [0.05, 0.1) is 13.0 Å². The lowest BCUT2D eigenvalue weighted by Crippen LogP contribution is -2.36. The Bertz CT molecular complexity index is 208. The van der Waals surface area contributed by atoms with Crippen LogP contribution in [0.3, 0.4) is 0 Å². The number of carbonyl (C=O) groups excluding carboxylic acids is 1. The van der Waals surface area contributed by atoms with Crippen molar-refractivity contribution >= 4 is 5.97 Å². The molecule has 0 spiro atoms. The molecule has 3 nitrogen and oxygen atoms in total. The molecule has 0 rings (SSSR count). The number of esters is 1. The van der Waals surface area contributed by atoms with Crippen LogP contribution in [0.1, 0.15) is 48.0 Å². The van der Waals surface area contributed by atoms with E-state index in [0.717, 1.165) is 6.54 Å². The highest BCUT2D eigenvalue weighted by Crippen LogP contribution is 2.24. The van der Waals surface area contributed by atoms with Crippen LogP contribution in [0.4, 0.5) is 0 Å². The smallest absolute Gasteiger partial charge is 0.307 e. The first-order valence-electron chi connectivity index (χ1n) is 6.16. The molecule has 0 aromatic rings. The molecule has 0 fully saturated rings. The predicted octanol–water partition coefficient (Wildman–Crippen LogP) is 2.60. The summed E-state index contributed by atoms with van der Waals surface area (Å²) in [4.78, 5) is 11.2. The molecule has 2 unspecified atom stereocenters. The Morgan fingerprint density at radius 2 is 1.88 bits per heavy atom. The second-order valence-corrected chi connectivity index (χ2v) is 5.59. The van der Waals surface area contributed by atoms with E-state index in [9.17, 15) is 4.79 Å². The van der Waals surface area contributed by atoms with E-state index in [1.54, 1.807) is 0 Å². The number of ether oxygens (including phenoxy) is 1. The van der Waals surface area contributed by atoms with Crippen molar-refractivity contribution < 1.29 is 9.53 Å². The number of hydrogen-bond donors (Lipinski definition) is 1. The fraction of sp³-hybridized carbons (Fsp3) is 0.923. The Morgan fingerprint density at radius 3 is 2.31 bits per heavy atom. The third kappa shape index (κ3) is 6.83. The van der Waals surface area contributed by atoms with Gasteiger partial charge in [0, 0.05) is 6.04 Å². The van der Waals surface area contributed by atoms with E-state index in [1.165, 1.54) is 0 Å². The fourth-order valence-corrected chi connectivity index (χ4v) is 1.23. The van der Waals surface area contributed by atoms with Crippen LogP contribution in [0.2, 0.25) is 0 Å². The monoisotopic (exact) mass is 229 g/mol. The largest absolute Gasteiger partial charge is 0.466 e. The van der Waals surface area contributed by atoms with E-state index in [0.29, 0.717) is 24.4 Å². The molecule has 0 aromatic heterocycles. The van der Waals surface area contributed by atoms with Crippen molar-refractivity contribution in [3.05, 3.63) is 0 Å². The first kappa shape index (κ1) is 15.4. The van der Waals surface area contributed by atoms with Gasteiger partial charge in [-0.05, 0) is 31.7 Å². The molecule has 0 aliphatic carbocycles. The van der Waals surface area contributed by atoms with E-state index in [2.05, 4.69) is 33.0 Å². The van der Waals surface area contributed by atoms with E-state index in [-0.39, 0.29) is 12.0 Å². The highest BCUT2D eigenvalue weighted by molar-refractivity contribution is 5.69. The predicted molar refractivity (Wildman–Crippen MR) is 67.3 cm³/mol. The van der Waals surface area contributed by atoms with Gasteiger partial charge in [-0.2, -0.15) is 0 Å². The van der Waals surface area contributed by atoms with Crippen LogP contribution in [0.25, 0.3) is 0 Å². The van der Waals surface area contributed by atoms with Crippen LogP contribution in [0, 0.1) is 11.3 Å². The normalized spacial score (nSPS) is 15.6. The molecule has 16 heavy (non-hydrogen) atoms. The van der Waals surface area contributed by atoms with Gasteiger partial charge in [-0.3, -0.25) is 4.79 Å². The molecule has 96 valence electrons. The third-order valence-electron chi connectivity index (χ3n) is 3.03. The summed E-state index contributed by atoms with van der Waals surface area (Å²) in [6.45, 7) is 14.2. The average Bonchev–Trinajstić information content (AvgIpc) is 2.12. The lowest BCUT2D eigenvalue weighted by atomic mass is 9.82. The Morgan fingerprint density at radius 1 is 1.31 bits per heavy atom. The van der Waals surface area contributed by atoms with Crippen molar-refractivity contribution in [2.45, 2.75) is 54.0 Å². The molecule has 0 saturated heterocycles. The molecular weight excluding hydrogens is 202 g/mol. The zero-order valence-corrected chi connectivity index (χ0v) is 11.6. The molecule has 3 heteroatoms. The van der Waals surface area contributed by atoms with Crippen LogP contribution in [0.15, 0.2) is 0 Å². The zero-order chi connectivity index (χ0) is 12.8. The number of rotatable bonds is 6. The minimum atomic E-state index is -0.120. The maximum atomic E-state index is 11.2. The van der Waals surface area contributed by atoms with Crippen LogP contribution in [0.5, 0.6) is 0 Å². The SMILES string of the molecule is CCOC(=O)CC(C)NCC(C)C(C)(C)C. The summed E-state index contributed by atoms with van der Waals surface area (Å²) in [5, 5.41) is 3.38. The minimum absolute atomic E-state index is 0.120. The highest BCUT2D eigenvalue weighted by Gasteiger charge is 2.20. The van der Waals surface area contributed by atoms with E-state index >= 15 is 0 Å². The van der Waals surface area contributed by atoms with Gasteiger partial charge >= 0.3 is 5.97 Å². The summed E-state index contributed by atoms with van der Waals surface area (Å²) in [5.74, 6) is 0.461. The van der Waals surface area contributed by atoms with E-state index < -0.39 is 0 Å². The summed E-state index contributed by atoms with van der Waals surface area (Å²) in [6.07, 6.45) is 0.449. The third-order valence-corrected chi connectivity index (χ3v) is 3.03. The molecule has 0 bridgehead atoms. The molecule has 0 saturated carbocycles. The Kier molecular flexibility index (Phi) is 6.65. The van der Waals surface area contributed by atoms with E-state index in [4.69, 9.17) is 4.74 Å². The average molecular weight is 229 g/mol. The van der Waals surface area contributed by atoms with Crippen molar-refractivity contribution in [2.24, 2.45) is 11.3 Å². The summed E-state index contributed by atoms with van der Waals surface area (Å²) >= 11 is 0. The van der Waals surface area contributed by atoms with Gasteiger partial charge in [-0.1, -0.05) is 27.7 Å². The Balaban J connectivity index is 3.81. The molecule has 0 radical (unpaired) electrons. The number of hydrogen-bond acceptors (Lipinski definition) is 3. The van der Waals surface area contributed by atoms with Crippen molar-refractivity contribution in [2.75, 3.05) is 13.2 Å². The van der Waals surface area contributed by atoms with Gasteiger partial charge in [-0.25, -0.2) is 0 Å². The van der Waals surface area contributed by atoms with Gasteiger partial charge in [0.15, 0.2) is 0 Å². The lowest BCUT2D eigenvalue weighted by Gasteiger charge is -2.28. The summed E-state index contributed by atoms with van der Waals surface area (Å²) in [6, 6.07) is 0.184. The molecule has 0 heterocycles. The Labute approximate surface area is 99.9 Å². The molecule has 2 atom stereocenters. The van der Waals surface area contributed by atoms with E-state index in [1.807, 2.05) is 13.8 Å². The first-order valence-corrected chi connectivity index (χ1v) is 6.16. The number of carbonyl (C=O) groups is 1. The first-order chi connectivity index (χ1) is 7.27. The second kappa shape index (κ2) is 6.89.